The Labute approximate surface area is 173 Å². The molecular formula is C21H15BrF2N2O3. The number of carbonyl (C=O) groups is 2. The predicted molar refractivity (Wildman–Crippen MR) is 108 cm³/mol. The number of anilines is 1. The van der Waals surface area contributed by atoms with Crippen molar-refractivity contribution in [3.63, 3.8) is 0 Å². The van der Waals surface area contributed by atoms with Crippen LogP contribution in [0.3, 0.4) is 0 Å². The van der Waals surface area contributed by atoms with Gasteiger partial charge in [0, 0.05) is 21.9 Å². The van der Waals surface area contributed by atoms with Crippen LogP contribution < -0.4 is 5.32 Å². The zero-order valence-corrected chi connectivity index (χ0v) is 16.8. The third-order valence-electron chi connectivity index (χ3n) is 3.96. The lowest BCUT2D eigenvalue weighted by Gasteiger charge is -2.10. The molecule has 1 N–H and O–H groups in total. The summed E-state index contributed by atoms with van der Waals surface area (Å²) in [6, 6.07) is 11.2. The molecule has 0 unspecified atom stereocenters. The normalized spacial score (nSPS) is 10.5. The molecular weight excluding hydrogens is 446 g/mol. The van der Waals surface area contributed by atoms with Crippen molar-refractivity contribution in [3.05, 3.63) is 82.0 Å². The van der Waals surface area contributed by atoms with Gasteiger partial charge in [0.1, 0.15) is 17.2 Å². The topological polar surface area (TPSA) is 68.3 Å². The maximum absolute atomic E-state index is 13.7. The molecule has 1 amide bonds. The van der Waals surface area contributed by atoms with Crippen LogP contribution in [-0.2, 0) is 4.74 Å². The minimum Gasteiger partial charge on any atom is -0.462 e. The summed E-state index contributed by atoms with van der Waals surface area (Å²) in [7, 11) is 0. The van der Waals surface area contributed by atoms with Gasteiger partial charge in [-0.25, -0.2) is 13.6 Å². The van der Waals surface area contributed by atoms with Crippen molar-refractivity contribution < 1.29 is 23.1 Å². The molecule has 5 nitrogen and oxygen atoms in total. The third-order valence-corrected chi connectivity index (χ3v) is 4.39. The Bertz CT molecular complexity index is 1050. The first-order valence-corrected chi connectivity index (χ1v) is 9.38. The van der Waals surface area contributed by atoms with E-state index >= 15 is 0 Å². The fourth-order valence-electron chi connectivity index (χ4n) is 2.65. The van der Waals surface area contributed by atoms with Gasteiger partial charge in [0.2, 0.25) is 0 Å². The van der Waals surface area contributed by atoms with Crippen molar-refractivity contribution in [2.24, 2.45) is 0 Å². The van der Waals surface area contributed by atoms with Crippen molar-refractivity contribution >= 4 is 33.5 Å². The maximum Gasteiger partial charge on any atom is 0.340 e. The standard InChI is InChI=1S/C21H15BrF2N2O3/c1-2-29-21(28)15-10-13(22)11-25-19(15)12-6-8-14(9-7-12)26-20(27)18-16(23)4-3-5-17(18)24/h3-11H,2H2,1H3,(H,26,27). The second-order valence-electron chi connectivity index (χ2n) is 5.90. The van der Waals surface area contributed by atoms with E-state index in [1.54, 1.807) is 43.5 Å². The first-order chi connectivity index (χ1) is 13.9. The Balaban J connectivity index is 1.86. The molecule has 0 radical (unpaired) electrons. The summed E-state index contributed by atoms with van der Waals surface area (Å²) in [6.07, 6.45) is 1.55. The summed E-state index contributed by atoms with van der Waals surface area (Å²) in [5.41, 5.74) is 0.971. The number of aromatic nitrogens is 1. The Morgan fingerprint density at radius 2 is 1.76 bits per heavy atom. The minimum absolute atomic E-state index is 0.225. The van der Waals surface area contributed by atoms with E-state index < -0.39 is 29.1 Å². The van der Waals surface area contributed by atoms with Gasteiger partial charge in [0.15, 0.2) is 0 Å². The molecule has 2 aromatic carbocycles. The zero-order chi connectivity index (χ0) is 21.0. The number of rotatable bonds is 5. The lowest BCUT2D eigenvalue weighted by molar-refractivity contribution is 0.0526. The van der Waals surface area contributed by atoms with E-state index in [1.807, 2.05) is 0 Å². The summed E-state index contributed by atoms with van der Waals surface area (Å²) in [5.74, 6) is -3.31. The second-order valence-corrected chi connectivity index (χ2v) is 6.81. The minimum atomic E-state index is -0.947. The molecule has 0 aliphatic rings. The first kappa shape index (κ1) is 20.6. The van der Waals surface area contributed by atoms with Gasteiger partial charge in [-0.1, -0.05) is 18.2 Å². The van der Waals surface area contributed by atoms with Crippen LogP contribution in [0, 0.1) is 11.6 Å². The number of amides is 1. The number of ether oxygens (including phenoxy) is 1. The highest BCUT2D eigenvalue weighted by molar-refractivity contribution is 9.10. The lowest BCUT2D eigenvalue weighted by Crippen LogP contribution is -2.15. The van der Waals surface area contributed by atoms with Crippen molar-refractivity contribution in [1.29, 1.82) is 0 Å². The van der Waals surface area contributed by atoms with Crippen molar-refractivity contribution in [3.8, 4) is 11.3 Å². The molecule has 1 heterocycles. The number of hydrogen-bond acceptors (Lipinski definition) is 4. The molecule has 3 aromatic rings. The molecule has 0 fully saturated rings. The Morgan fingerprint density at radius 1 is 1.10 bits per heavy atom. The number of nitrogens with zero attached hydrogens (tertiary/aromatic N) is 1. The van der Waals surface area contributed by atoms with Crippen molar-refractivity contribution in [2.45, 2.75) is 6.92 Å². The van der Waals surface area contributed by atoms with E-state index in [0.717, 1.165) is 12.1 Å². The average Bonchev–Trinajstić information content (AvgIpc) is 2.69. The zero-order valence-electron chi connectivity index (χ0n) is 15.2. The summed E-state index contributed by atoms with van der Waals surface area (Å²) < 4.78 is 33.2. The molecule has 0 aliphatic carbocycles. The maximum atomic E-state index is 13.7. The summed E-state index contributed by atoms with van der Waals surface area (Å²) in [4.78, 5) is 28.7. The molecule has 0 spiro atoms. The van der Waals surface area contributed by atoms with Gasteiger partial charge in [-0.3, -0.25) is 9.78 Å². The monoisotopic (exact) mass is 460 g/mol. The Kier molecular flexibility index (Phi) is 6.33. The van der Waals surface area contributed by atoms with E-state index in [4.69, 9.17) is 4.74 Å². The Morgan fingerprint density at radius 3 is 2.38 bits per heavy atom. The summed E-state index contributed by atoms with van der Waals surface area (Å²) in [5, 5.41) is 2.45. The molecule has 3 rings (SSSR count). The van der Waals surface area contributed by atoms with Crippen LogP contribution in [0.25, 0.3) is 11.3 Å². The summed E-state index contributed by atoms with van der Waals surface area (Å²) >= 11 is 3.28. The molecule has 8 heteroatoms. The van der Waals surface area contributed by atoms with Crippen molar-refractivity contribution in [1.82, 2.24) is 4.98 Å². The highest BCUT2D eigenvalue weighted by Gasteiger charge is 2.18. The van der Waals surface area contributed by atoms with Crippen LogP contribution in [0.1, 0.15) is 27.6 Å². The second kappa shape index (κ2) is 8.91. The number of halogens is 3. The van der Waals surface area contributed by atoms with Crippen LogP contribution in [0.15, 0.2) is 59.2 Å². The quantitative estimate of drug-likeness (QED) is 0.530. The van der Waals surface area contributed by atoms with Crippen LogP contribution in [0.4, 0.5) is 14.5 Å². The highest BCUT2D eigenvalue weighted by Crippen LogP contribution is 2.26. The number of carbonyl (C=O) groups excluding carboxylic acids is 2. The fraction of sp³-hybridized carbons (Fsp3) is 0.0952. The predicted octanol–water partition coefficient (Wildman–Crippen LogP) is 5.22. The number of esters is 1. The third kappa shape index (κ3) is 4.65. The molecule has 0 atom stereocenters. The van der Waals surface area contributed by atoms with E-state index in [9.17, 15) is 18.4 Å². The van der Waals surface area contributed by atoms with Crippen LogP contribution in [0.5, 0.6) is 0 Å². The number of benzene rings is 2. The fourth-order valence-corrected chi connectivity index (χ4v) is 2.98. The summed E-state index contributed by atoms with van der Waals surface area (Å²) in [6.45, 7) is 1.93. The van der Waals surface area contributed by atoms with E-state index in [0.29, 0.717) is 21.4 Å². The van der Waals surface area contributed by atoms with E-state index in [-0.39, 0.29) is 12.2 Å². The molecule has 0 saturated heterocycles. The first-order valence-electron chi connectivity index (χ1n) is 8.59. The molecule has 148 valence electrons. The van der Waals surface area contributed by atoms with Gasteiger partial charge in [0.25, 0.3) is 5.91 Å². The van der Waals surface area contributed by atoms with Crippen LogP contribution in [0.2, 0.25) is 0 Å². The molecule has 1 aromatic heterocycles. The lowest BCUT2D eigenvalue weighted by atomic mass is 10.1. The number of hydrogen-bond donors (Lipinski definition) is 1. The number of nitrogens with one attached hydrogen (secondary N) is 1. The molecule has 29 heavy (non-hydrogen) atoms. The Hall–Kier alpha value is -3.13. The average molecular weight is 461 g/mol. The molecule has 0 saturated carbocycles. The SMILES string of the molecule is CCOC(=O)c1cc(Br)cnc1-c1ccc(NC(=O)c2c(F)cccc2F)cc1. The van der Waals surface area contributed by atoms with Crippen molar-refractivity contribution in [2.75, 3.05) is 11.9 Å². The smallest absolute Gasteiger partial charge is 0.340 e. The molecule has 0 bridgehead atoms. The van der Waals surface area contributed by atoms with Gasteiger partial charge in [0.05, 0.1) is 17.9 Å². The highest BCUT2D eigenvalue weighted by atomic mass is 79.9. The van der Waals surface area contributed by atoms with E-state index in [1.165, 1.54) is 6.07 Å². The van der Waals surface area contributed by atoms with Gasteiger partial charge in [-0.05, 0) is 53.2 Å². The van der Waals surface area contributed by atoms with Gasteiger partial charge >= 0.3 is 5.97 Å². The van der Waals surface area contributed by atoms with Crippen LogP contribution >= 0.6 is 15.9 Å². The van der Waals surface area contributed by atoms with Gasteiger partial charge in [-0.2, -0.15) is 0 Å². The largest absolute Gasteiger partial charge is 0.462 e. The number of pyridine rings is 1. The van der Waals surface area contributed by atoms with Crippen LogP contribution in [-0.4, -0.2) is 23.5 Å². The molecule has 0 aliphatic heterocycles. The van der Waals surface area contributed by atoms with Gasteiger partial charge < -0.3 is 10.1 Å². The van der Waals surface area contributed by atoms with Gasteiger partial charge in [-0.15, -0.1) is 0 Å². The van der Waals surface area contributed by atoms with E-state index in [2.05, 4.69) is 26.2 Å².